The topological polar surface area (TPSA) is 47.6 Å². The summed E-state index contributed by atoms with van der Waals surface area (Å²) < 4.78 is 10.6. The predicted molar refractivity (Wildman–Crippen MR) is 107 cm³/mol. The van der Waals surface area contributed by atoms with E-state index >= 15 is 0 Å². The fourth-order valence-corrected chi connectivity index (χ4v) is 2.98. The maximum absolute atomic E-state index is 12.6. The molecular formula is C23H23NO3. The van der Waals surface area contributed by atoms with E-state index in [1.807, 2.05) is 54.6 Å². The van der Waals surface area contributed by atoms with E-state index in [2.05, 4.69) is 17.4 Å². The molecule has 0 bridgehead atoms. The Kier molecular flexibility index (Phi) is 6.23. The quantitative estimate of drug-likeness (QED) is 0.664. The molecule has 1 N–H and O–H groups in total. The lowest BCUT2D eigenvalue weighted by Gasteiger charge is -2.12. The molecule has 27 heavy (non-hydrogen) atoms. The van der Waals surface area contributed by atoms with Crippen LogP contribution in [0.3, 0.4) is 0 Å². The average Bonchev–Trinajstić information content (AvgIpc) is 2.69. The lowest BCUT2D eigenvalue weighted by molar-refractivity contribution is 0.102. The van der Waals surface area contributed by atoms with Crippen molar-refractivity contribution < 1.29 is 14.3 Å². The molecule has 0 atom stereocenters. The number of carbonyl (C=O) groups excluding carboxylic acids is 1. The van der Waals surface area contributed by atoms with Crippen LogP contribution in [-0.4, -0.2) is 20.1 Å². The highest BCUT2D eigenvalue weighted by molar-refractivity contribution is 6.04. The van der Waals surface area contributed by atoms with E-state index in [-0.39, 0.29) is 5.91 Å². The fraction of sp³-hybridized carbons (Fsp3) is 0.174. The Balaban J connectivity index is 1.79. The Hall–Kier alpha value is -3.11. The molecule has 3 rings (SSSR count). The Morgan fingerprint density at radius 2 is 1.67 bits per heavy atom. The third kappa shape index (κ3) is 4.96. The number of ether oxygens (including phenoxy) is 2. The summed E-state index contributed by atoms with van der Waals surface area (Å²) in [5.74, 6) is 0.655. The highest BCUT2D eigenvalue weighted by atomic mass is 16.5. The van der Waals surface area contributed by atoms with E-state index < -0.39 is 0 Å². The zero-order chi connectivity index (χ0) is 19.1. The summed E-state index contributed by atoms with van der Waals surface area (Å²) in [5, 5.41) is 2.97. The van der Waals surface area contributed by atoms with E-state index in [1.54, 1.807) is 20.3 Å². The molecule has 4 nitrogen and oxygen atoms in total. The molecule has 0 fully saturated rings. The predicted octanol–water partition coefficient (Wildman–Crippen LogP) is 4.68. The molecule has 0 aliphatic rings. The molecule has 0 spiro atoms. The number of amides is 1. The van der Waals surface area contributed by atoms with E-state index in [1.165, 1.54) is 5.56 Å². The van der Waals surface area contributed by atoms with Gasteiger partial charge in [-0.25, -0.2) is 0 Å². The summed E-state index contributed by atoms with van der Waals surface area (Å²) in [6.45, 7) is 0.477. The average molecular weight is 361 g/mol. The second-order valence-corrected chi connectivity index (χ2v) is 6.28. The van der Waals surface area contributed by atoms with Crippen LogP contribution in [0.25, 0.3) is 0 Å². The zero-order valence-electron chi connectivity index (χ0n) is 15.6. The monoisotopic (exact) mass is 361 g/mol. The summed E-state index contributed by atoms with van der Waals surface area (Å²) >= 11 is 0. The SMILES string of the molecule is COCc1cccc(C(=O)Nc2ccc(OC)c(Cc3ccccc3)c2)c1. The Morgan fingerprint density at radius 1 is 0.889 bits per heavy atom. The number of nitrogens with one attached hydrogen (secondary N) is 1. The van der Waals surface area contributed by atoms with Gasteiger partial charge in [0.1, 0.15) is 5.75 Å². The van der Waals surface area contributed by atoms with E-state index in [0.717, 1.165) is 29.0 Å². The molecule has 0 aliphatic carbocycles. The van der Waals surface area contributed by atoms with Crippen molar-refractivity contribution in [3.05, 3.63) is 95.1 Å². The number of hydrogen-bond acceptors (Lipinski definition) is 3. The second-order valence-electron chi connectivity index (χ2n) is 6.28. The summed E-state index contributed by atoms with van der Waals surface area (Å²) in [5.41, 5.74) is 4.51. The van der Waals surface area contributed by atoms with Crippen molar-refractivity contribution in [2.45, 2.75) is 13.0 Å². The van der Waals surface area contributed by atoms with Gasteiger partial charge in [0.15, 0.2) is 0 Å². The fourth-order valence-electron chi connectivity index (χ4n) is 2.98. The van der Waals surface area contributed by atoms with Crippen LogP contribution in [0.2, 0.25) is 0 Å². The minimum Gasteiger partial charge on any atom is -0.496 e. The van der Waals surface area contributed by atoms with Gasteiger partial charge in [0.2, 0.25) is 0 Å². The van der Waals surface area contributed by atoms with Crippen molar-refractivity contribution in [1.29, 1.82) is 0 Å². The first kappa shape index (κ1) is 18.7. The summed E-state index contributed by atoms with van der Waals surface area (Å²) in [6.07, 6.45) is 0.733. The van der Waals surface area contributed by atoms with Crippen LogP contribution in [-0.2, 0) is 17.8 Å². The molecule has 1 amide bonds. The molecule has 0 heterocycles. The number of carbonyl (C=O) groups is 1. The third-order valence-corrected chi connectivity index (χ3v) is 4.28. The van der Waals surface area contributed by atoms with Crippen LogP contribution in [0.15, 0.2) is 72.8 Å². The van der Waals surface area contributed by atoms with Gasteiger partial charge in [-0.15, -0.1) is 0 Å². The maximum Gasteiger partial charge on any atom is 0.255 e. The minimum absolute atomic E-state index is 0.149. The highest BCUT2D eigenvalue weighted by Crippen LogP contribution is 2.25. The molecule has 4 heteroatoms. The molecule has 138 valence electrons. The Labute approximate surface area is 159 Å². The lowest BCUT2D eigenvalue weighted by Crippen LogP contribution is -2.12. The summed E-state index contributed by atoms with van der Waals surface area (Å²) in [6, 6.07) is 23.3. The summed E-state index contributed by atoms with van der Waals surface area (Å²) in [7, 11) is 3.29. The molecule has 0 saturated heterocycles. The van der Waals surface area contributed by atoms with Gasteiger partial charge in [-0.2, -0.15) is 0 Å². The third-order valence-electron chi connectivity index (χ3n) is 4.28. The number of anilines is 1. The normalized spacial score (nSPS) is 10.4. The van der Waals surface area contributed by atoms with E-state index in [4.69, 9.17) is 9.47 Å². The molecule has 0 unspecified atom stereocenters. The maximum atomic E-state index is 12.6. The van der Waals surface area contributed by atoms with Crippen molar-refractivity contribution in [2.75, 3.05) is 19.5 Å². The molecule has 3 aromatic carbocycles. The first-order valence-corrected chi connectivity index (χ1v) is 8.79. The van der Waals surface area contributed by atoms with Gasteiger partial charge < -0.3 is 14.8 Å². The van der Waals surface area contributed by atoms with Crippen molar-refractivity contribution in [1.82, 2.24) is 0 Å². The Morgan fingerprint density at radius 3 is 2.41 bits per heavy atom. The Bertz CT molecular complexity index is 907. The van der Waals surface area contributed by atoms with Crippen molar-refractivity contribution in [2.24, 2.45) is 0 Å². The van der Waals surface area contributed by atoms with Gasteiger partial charge >= 0.3 is 0 Å². The zero-order valence-corrected chi connectivity index (χ0v) is 15.6. The van der Waals surface area contributed by atoms with Crippen molar-refractivity contribution in [3.63, 3.8) is 0 Å². The van der Waals surface area contributed by atoms with Gasteiger partial charge in [-0.05, 0) is 41.5 Å². The molecule has 0 saturated carbocycles. The number of hydrogen-bond donors (Lipinski definition) is 1. The largest absolute Gasteiger partial charge is 0.496 e. The van der Waals surface area contributed by atoms with Gasteiger partial charge in [0.25, 0.3) is 5.91 Å². The number of rotatable bonds is 7. The summed E-state index contributed by atoms with van der Waals surface area (Å²) in [4.78, 5) is 12.6. The van der Waals surface area contributed by atoms with Gasteiger partial charge in [0, 0.05) is 30.3 Å². The highest BCUT2D eigenvalue weighted by Gasteiger charge is 2.10. The molecule has 3 aromatic rings. The van der Waals surface area contributed by atoms with Gasteiger partial charge in [-0.3, -0.25) is 4.79 Å². The minimum atomic E-state index is -0.149. The van der Waals surface area contributed by atoms with Crippen LogP contribution in [0.4, 0.5) is 5.69 Å². The van der Waals surface area contributed by atoms with Gasteiger partial charge in [-0.1, -0.05) is 42.5 Å². The smallest absolute Gasteiger partial charge is 0.255 e. The van der Waals surface area contributed by atoms with E-state index in [0.29, 0.717) is 12.2 Å². The number of benzene rings is 3. The molecule has 0 aromatic heterocycles. The van der Waals surface area contributed by atoms with Crippen LogP contribution < -0.4 is 10.1 Å². The molecule has 0 radical (unpaired) electrons. The first-order chi connectivity index (χ1) is 13.2. The number of methoxy groups -OCH3 is 2. The van der Waals surface area contributed by atoms with Gasteiger partial charge in [0.05, 0.1) is 13.7 Å². The second kappa shape index (κ2) is 9.01. The first-order valence-electron chi connectivity index (χ1n) is 8.79. The van der Waals surface area contributed by atoms with Crippen LogP contribution in [0.1, 0.15) is 27.0 Å². The van der Waals surface area contributed by atoms with Crippen molar-refractivity contribution >= 4 is 11.6 Å². The van der Waals surface area contributed by atoms with E-state index in [9.17, 15) is 4.79 Å². The lowest BCUT2D eigenvalue weighted by atomic mass is 10.0. The van der Waals surface area contributed by atoms with Crippen molar-refractivity contribution in [3.8, 4) is 5.75 Å². The van der Waals surface area contributed by atoms with Crippen LogP contribution in [0.5, 0.6) is 5.75 Å². The van der Waals surface area contributed by atoms with Crippen LogP contribution in [0, 0.1) is 0 Å². The molecular weight excluding hydrogens is 338 g/mol. The standard InChI is InChI=1S/C23H23NO3/c1-26-16-18-9-6-10-19(14-18)23(25)24-21-11-12-22(27-2)20(15-21)13-17-7-4-3-5-8-17/h3-12,14-15H,13,16H2,1-2H3,(H,24,25). The molecule has 0 aliphatic heterocycles. The van der Waals surface area contributed by atoms with Crippen LogP contribution >= 0.6 is 0 Å².